The Balaban J connectivity index is 2.69. The molecule has 0 fully saturated rings. The molecule has 2 rings (SSSR count). The number of halogens is 1. The van der Waals surface area contributed by atoms with Crippen LogP contribution < -0.4 is 5.73 Å². The van der Waals surface area contributed by atoms with Crippen LogP contribution in [0, 0.1) is 5.82 Å². The Hall–Kier alpha value is -1.58. The molecule has 0 aliphatic rings. The van der Waals surface area contributed by atoms with E-state index in [4.69, 9.17) is 5.73 Å². The van der Waals surface area contributed by atoms with Gasteiger partial charge in [0.1, 0.15) is 5.52 Å². The third-order valence-electron chi connectivity index (χ3n) is 3.13. The SMILES string of the molecule is CCCC(C)(C)n1c(N)nc2c(F)cccc21. The highest BCUT2D eigenvalue weighted by molar-refractivity contribution is 5.79. The summed E-state index contributed by atoms with van der Waals surface area (Å²) in [6, 6.07) is 4.96. The number of nitrogens with zero attached hydrogens (tertiary/aromatic N) is 2. The number of aromatic nitrogens is 2. The Morgan fingerprint density at radius 2 is 2.12 bits per heavy atom. The summed E-state index contributed by atoms with van der Waals surface area (Å²) in [5.74, 6) is 0.0591. The van der Waals surface area contributed by atoms with Gasteiger partial charge in [0.15, 0.2) is 5.82 Å². The molecule has 0 bridgehead atoms. The number of benzene rings is 1. The van der Waals surface area contributed by atoms with Crippen molar-refractivity contribution in [2.24, 2.45) is 0 Å². The Morgan fingerprint density at radius 3 is 2.76 bits per heavy atom. The lowest BCUT2D eigenvalue weighted by molar-refractivity contribution is 0.338. The summed E-state index contributed by atoms with van der Waals surface area (Å²) in [7, 11) is 0. The first-order valence-corrected chi connectivity index (χ1v) is 5.90. The van der Waals surface area contributed by atoms with E-state index < -0.39 is 0 Å². The van der Waals surface area contributed by atoms with E-state index in [-0.39, 0.29) is 11.4 Å². The van der Waals surface area contributed by atoms with Crippen molar-refractivity contribution in [2.45, 2.75) is 39.2 Å². The van der Waals surface area contributed by atoms with E-state index in [2.05, 4.69) is 25.8 Å². The Morgan fingerprint density at radius 1 is 1.41 bits per heavy atom. The van der Waals surface area contributed by atoms with Crippen LogP contribution in [0.5, 0.6) is 0 Å². The van der Waals surface area contributed by atoms with Gasteiger partial charge in [-0.15, -0.1) is 0 Å². The van der Waals surface area contributed by atoms with Gasteiger partial charge in [-0.1, -0.05) is 19.4 Å². The highest BCUT2D eigenvalue weighted by Crippen LogP contribution is 2.30. The van der Waals surface area contributed by atoms with Crippen LogP contribution in [0.3, 0.4) is 0 Å². The van der Waals surface area contributed by atoms with Crippen LogP contribution in [0.2, 0.25) is 0 Å². The van der Waals surface area contributed by atoms with Gasteiger partial charge in [0.05, 0.1) is 5.52 Å². The van der Waals surface area contributed by atoms with E-state index in [0.29, 0.717) is 11.5 Å². The summed E-state index contributed by atoms with van der Waals surface area (Å²) in [6.45, 7) is 6.31. The van der Waals surface area contributed by atoms with Crippen LogP contribution in [0.25, 0.3) is 11.0 Å². The van der Waals surface area contributed by atoms with Gasteiger partial charge in [-0.3, -0.25) is 0 Å². The maximum atomic E-state index is 13.6. The Labute approximate surface area is 100 Å². The lowest BCUT2D eigenvalue weighted by Gasteiger charge is -2.28. The number of nitrogen functional groups attached to an aromatic ring is 1. The summed E-state index contributed by atoms with van der Waals surface area (Å²) >= 11 is 0. The molecule has 92 valence electrons. The fourth-order valence-corrected chi connectivity index (χ4v) is 2.44. The molecule has 3 nitrogen and oxygen atoms in total. The molecule has 1 aromatic carbocycles. The zero-order valence-electron chi connectivity index (χ0n) is 10.5. The van der Waals surface area contributed by atoms with Crippen LogP contribution in [0.1, 0.15) is 33.6 Å². The number of imidazole rings is 1. The average Bonchev–Trinajstić information content (AvgIpc) is 2.56. The second-order valence-corrected chi connectivity index (χ2v) is 4.98. The molecular formula is C13H18FN3. The molecule has 0 radical (unpaired) electrons. The molecule has 0 saturated carbocycles. The largest absolute Gasteiger partial charge is 0.369 e. The summed E-state index contributed by atoms with van der Waals surface area (Å²) in [4.78, 5) is 4.13. The lowest BCUT2D eigenvalue weighted by Crippen LogP contribution is -2.27. The third-order valence-corrected chi connectivity index (χ3v) is 3.13. The molecule has 0 amide bonds. The molecule has 1 aromatic heterocycles. The molecule has 17 heavy (non-hydrogen) atoms. The topological polar surface area (TPSA) is 43.8 Å². The highest BCUT2D eigenvalue weighted by atomic mass is 19.1. The minimum atomic E-state index is -0.319. The average molecular weight is 235 g/mol. The number of nitrogens with two attached hydrogens (primary N) is 1. The zero-order chi connectivity index (χ0) is 12.6. The van der Waals surface area contributed by atoms with E-state index >= 15 is 0 Å². The second-order valence-electron chi connectivity index (χ2n) is 4.98. The van der Waals surface area contributed by atoms with E-state index in [1.807, 2.05) is 10.6 Å². The quantitative estimate of drug-likeness (QED) is 0.887. The molecule has 0 aliphatic heterocycles. The van der Waals surface area contributed by atoms with Gasteiger partial charge in [0.25, 0.3) is 0 Å². The van der Waals surface area contributed by atoms with Crippen LogP contribution in [-0.2, 0) is 5.54 Å². The number of para-hydroxylation sites is 1. The minimum Gasteiger partial charge on any atom is -0.369 e. The molecular weight excluding hydrogens is 217 g/mol. The van der Waals surface area contributed by atoms with Gasteiger partial charge >= 0.3 is 0 Å². The summed E-state index contributed by atoms with van der Waals surface area (Å²) < 4.78 is 15.5. The third kappa shape index (κ3) is 1.88. The zero-order valence-corrected chi connectivity index (χ0v) is 10.5. The molecule has 0 spiro atoms. The summed E-state index contributed by atoms with van der Waals surface area (Å²) in [5, 5.41) is 0. The van der Waals surface area contributed by atoms with Gasteiger partial charge in [-0.2, -0.15) is 0 Å². The van der Waals surface area contributed by atoms with Crippen molar-refractivity contribution in [3.05, 3.63) is 24.0 Å². The maximum Gasteiger partial charge on any atom is 0.201 e. The smallest absolute Gasteiger partial charge is 0.201 e. The molecule has 2 aromatic rings. The van der Waals surface area contributed by atoms with Crippen LogP contribution in [0.4, 0.5) is 10.3 Å². The van der Waals surface area contributed by atoms with Gasteiger partial charge in [-0.25, -0.2) is 9.37 Å². The first-order chi connectivity index (χ1) is 7.97. The van der Waals surface area contributed by atoms with Gasteiger partial charge in [0.2, 0.25) is 5.95 Å². The van der Waals surface area contributed by atoms with Crippen molar-refractivity contribution in [1.82, 2.24) is 9.55 Å². The highest BCUT2D eigenvalue weighted by Gasteiger charge is 2.25. The molecule has 4 heteroatoms. The number of hydrogen-bond acceptors (Lipinski definition) is 2. The summed E-state index contributed by atoms with van der Waals surface area (Å²) in [6.07, 6.45) is 2.01. The van der Waals surface area contributed by atoms with Gasteiger partial charge in [-0.05, 0) is 32.4 Å². The van der Waals surface area contributed by atoms with E-state index in [1.54, 1.807) is 6.07 Å². The first-order valence-electron chi connectivity index (χ1n) is 5.90. The van der Waals surface area contributed by atoms with E-state index in [1.165, 1.54) is 6.07 Å². The molecule has 1 heterocycles. The van der Waals surface area contributed by atoms with Crippen molar-refractivity contribution in [3.63, 3.8) is 0 Å². The van der Waals surface area contributed by atoms with Crippen LogP contribution in [0.15, 0.2) is 18.2 Å². The predicted octanol–water partition coefficient (Wildman–Crippen LogP) is 3.29. The number of hydrogen-bond donors (Lipinski definition) is 1. The fraction of sp³-hybridized carbons (Fsp3) is 0.462. The van der Waals surface area contributed by atoms with Crippen molar-refractivity contribution >= 4 is 17.0 Å². The minimum absolute atomic E-state index is 0.151. The molecule has 2 N–H and O–H groups in total. The molecule has 0 aliphatic carbocycles. The van der Waals surface area contributed by atoms with Crippen molar-refractivity contribution < 1.29 is 4.39 Å². The number of rotatable bonds is 3. The first kappa shape index (κ1) is 11.9. The normalized spacial score (nSPS) is 12.2. The van der Waals surface area contributed by atoms with Crippen LogP contribution in [-0.4, -0.2) is 9.55 Å². The van der Waals surface area contributed by atoms with Crippen LogP contribution >= 0.6 is 0 Å². The molecule has 0 saturated heterocycles. The Bertz CT molecular complexity index is 543. The fourth-order valence-electron chi connectivity index (χ4n) is 2.44. The summed E-state index contributed by atoms with van der Waals surface area (Å²) in [5.41, 5.74) is 6.89. The van der Waals surface area contributed by atoms with Gasteiger partial charge in [0, 0.05) is 5.54 Å². The number of anilines is 1. The molecule has 0 atom stereocenters. The van der Waals surface area contributed by atoms with Crippen molar-refractivity contribution in [1.29, 1.82) is 0 Å². The van der Waals surface area contributed by atoms with Gasteiger partial charge < -0.3 is 10.3 Å². The number of fused-ring (bicyclic) bond motifs is 1. The second kappa shape index (κ2) is 4.02. The standard InChI is InChI=1S/C13H18FN3/c1-4-8-13(2,3)17-10-7-5-6-9(14)11(10)16-12(17)15/h5-7H,4,8H2,1-3H3,(H2,15,16). The Kier molecular flexibility index (Phi) is 2.81. The van der Waals surface area contributed by atoms with E-state index in [0.717, 1.165) is 18.4 Å². The predicted molar refractivity (Wildman–Crippen MR) is 68.3 cm³/mol. The maximum absolute atomic E-state index is 13.6. The molecule has 0 unspecified atom stereocenters. The van der Waals surface area contributed by atoms with E-state index in [9.17, 15) is 4.39 Å². The lowest BCUT2D eigenvalue weighted by atomic mass is 9.98. The monoisotopic (exact) mass is 235 g/mol. The van der Waals surface area contributed by atoms with Crippen molar-refractivity contribution in [3.8, 4) is 0 Å². The van der Waals surface area contributed by atoms with Crippen molar-refractivity contribution in [2.75, 3.05) is 5.73 Å².